The van der Waals surface area contributed by atoms with Crippen LogP contribution in [0.4, 0.5) is 0 Å². The number of aromatic nitrogens is 2. The Morgan fingerprint density at radius 1 is 1.12 bits per heavy atom. The van der Waals surface area contributed by atoms with Gasteiger partial charge in [-0.1, -0.05) is 13.8 Å². The summed E-state index contributed by atoms with van der Waals surface area (Å²) in [4.78, 5) is 32.3. The molecule has 2 aliphatic heterocycles. The van der Waals surface area contributed by atoms with Crippen LogP contribution in [-0.2, 0) is 21.4 Å². The standard InChI is InChI=1S/C23H32N4O4S/c1-3-18-6-4-5-11-27(18)22(28)15-25-16-24-21-8-7-19(14-20(21)23(25)29)32(30,31)26-12-9-17(2)10-13-26/h7-8,14,16-18H,3-6,9-13,15H2,1-2H3/t18-/m0/s1. The Morgan fingerprint density at radius 3 is 2.59 bits per heavy atom. The van der Waals surface area contributed by atoms with E-state index in [0.29, 0.717) is 31.1 Å². The molecule has 9 heteroatoms. The lowest BCUT2D eigenvalue weighted by atomic mass is 10.00. The SMILES string of the molecule is CC[C@H]1CCCCN1C(=O)Cn1cnc2ccc(S(=O)(=O)N3CCC(C)CC3)cc2c1=O. The van der Waals surface area contributed by atoms with Gasteiger partial charge < -0.3 is 4.90 Å². The molecule has 174 valence electrons. The van der Waals surface area contributed by atoms with Crippen LogP contribution >= 0.6 is 0 Å². The van der Waals surface area contributed by atoms with E-state index in [1.54, 1.807) is 6.07 Å². The van der Waals surface area contributed by atoms with E-state index >= 15 is 0 Å². The molecule has 0 N–H and O–H groups in total. The van der Waals surface area contributed by atoms with Crippen LogP contribution in [0.1, 0.15) is 52.4 Å². The van der Waals surface area contributed by atoms with Gasteiger partial charge in [-0.05, 0) is 62.6 Å². The Labute approximate surface area is 189 Å². The Kier molecular flexibility index (Phi) is 6.67. The van der Waals surface area contributed by atoms with Crippen LogP contribution in [0.2, 0.25) is 0 Å². The molecule has 0 spiro atoms. The van der Waals surface area contributed by atoms with Crippen LogP contribution in [0, 0.1) is 5.92 Å². The molecule has 1 aromatic carbocycles. The number of sulfonamides is 1. The summed E-state index contributed by atoms with van der Waals surface area (Å²) in [5.74, 6) is 0.421. The van der Waals surface area contributed by atoms with Crippen molar-refractivity contribution in [1.82, 2.24) is 18.8 Å². The van der Waals surface area contributed by atoms with Crippen LogP contribution < -0.4 is 5.56 Å². The number of fused-ring (bicyclic) bond motifs is 1. The molecule has 4 rings (SSSR count). The predicted octanol–water partition coefficient (Wildman–Crippen LogP) is 2.61. The molecular weight excluding hydrogens is 428 g/mol. The van der Waals surface area contributed by atoms with E-state index in [-0.39, 0.29) is 28.8 Å². The molecule has 2 aromatic rings. The zero-order valence-electron chi connectivity index (χ0n) is 18.9. The first-order chi connectivity index (χ1) is 15.3. The Balaban J connectivity index is 1.62. The van der Waals surface area contributed by atoms with E-state index in [1.165, 1.54) is 27.3 Å². The van der Waals surface area contributed by atoms with Crippen molar-refractivity contribution in [2.45, 2.75) is 69.9 Å². The molecule has 2 saturated heterocycles. The number of likely N-dealkylation sites (tertiary alicyclic amines) is 1. The number of amides is 1. The quantitative estimate of drug-likeness (QED) is 0.684. The molecule has 1 amide bonds. The van der Waals surface area contributed by atoms with Gasteiger partial charge in [0.2, 0.25) is 15.9 Å². The van der Waals surface area contributed by atoms with Gasteiger partial charge in [-0.25, -0.2) is 13.4 Å². The van der Waals surface area contributed by atoms with Crippen LogP contribution in [0.5, 0.6) is 0 Å². The molecule has 1 atom stereocenters. The van der Waals surface area contributed by atoms with Gasteiger partial charge in [0.15, 0.2) is 0 Å². The summed E-state index contributed by atoms with van der Waals surface area (Å²) in [5, 5.41) is 0.220. The maximum atomic E-state index is 13.1. The van der Waals surface area contributed by atoms with Crippen molar-refractivity contribution >= 4 is 26.8 Å². The number of hydrogen-bond donors (Lipinski definition) is 0. The smallest absolute Gasteiger partial charge is 0.261 e. The summed E-state index contributed by atoms with van der Waals surface area (Å²) in [6.45, 7) is 5.81. The number of benzene rings is 1. The van der Waals surface area contributed by atoms with E-state index < -0.39 is 15.6 Å². The fourth-order valence-corrected chi connectivity index (χ4v) is 6.27. The molecule has 2 fully saturated rings. The van der Waals surface area contributed by atoms with Crippen molar-refractivity contribution in [3.8, 4) is 0 Å². The fourth-order valence-electron chi connectivity index (χ4n) is 4.78. The Bertz CT molecular complexity index is 1150. The first-order valence-electron chi connectivity index (χ1n) is 11.6. The number of hydrogen-bond acceptors (Lipinski definition) is 5. The summed E-state index contributed by atoms with van der Waals surface area (Å²) in [6, 6.07) is 4.70. The number of nitrogens with zero attached hydrogens (tertiary/aromatic N) is 4. The van der Waals surface area contributed by atoms with E-state index in [0.717, 1.165) is 38.5 Å². The molecule has 0 radical (unpaired) electrons. The lowest BCUT2D eigenvalue weighted by Crippen LogP contribution is -2.45. The monoisotopic (exact) mass is 460 g/mol. The molecule has 32 heavy (non-hydrogen) atoms. The maximum absolute atomic E-state index is 13.1. The second kappa shape index (κ2) is 9.31. The van der Waals surface area contributed by atoms with E-state index in [1.807, 2.05) is 4.90 Å². The average molecular weight is 461 g/mol. The molecule has 8 nitrogen and oxygen atoms in total. The van der Waals surface area contributed by atoms with E-state index in [2.05, 4.69) is 18.8 Å². The topological polar surface area (TPSA) is 92.6 Å². The second-order valence-electron chi connectivity index (χ2n) is 9.09. The van der Waals surface area contributed by atoms with Crippen LogP contribution in [0.3, 0.4) is 0 Å². The molecule has 0 unspecified atom stereocenters. The minimum absolute atomic E-state index is 0.0841. The summed E-state index contributed by atoms with van der Waals surface area (Å²) in [5.41, 5.74) is 0.0343. The van der Waals surface area contributed by atoms with Crippen LogP contribution in [0.15, 0.2) is 34.2 Å². The van der Waals surface area contributed by atoms with Crippen LogP contribution in [0.25, 0.3) is 10.9 Å². The molecule has 1 aromatic heterocycles. The second-order valence-corrected chi connectivity index (χ2v) is 11.0. The van der Waals surface area contributed by atoms with Crippen molar-refractivity contribution in [2.75, 3.05) is 19.6 Å². The van der Waals surface area contributed by atoms with Gasteiger partial charge in [0, 0.05) is 25.7 Å². The highest BCUT2D eigenvalue weighted by molar-refractivity contribution is 7.89. The molecule has 3 heterocycles. The van der Waals surface area contributed by atoms with Crippen molar-refractivity contribution in [2.24, 2.45) is 5.92 Å². The Hall–Kier alpha value is -2.26. The first kappa shape index (κ1) is 22.9. The third-order valence-corrected chi connectivity index (χ3v) is 8.79. The summed E-state index contributed by atoms with van der Waals surface area (Å²) in [7, 11) is -3.68. The summed E-state index contributed by atoms with van der Waals surface area (Å²) in [6.07, 6.45) is 7.03. The molecular formula is C23H32N4O4S. The number of carbonyl (C=O) groups is 1. The van der Waals surface area contributed by atoms with Gasteiger partial charge in [-0.15, -0.1) is 0 Å². The van der Waals surface area contributed by atoms with E-state index in [4.69, 9.17) is 0 Å². The summed E-state index contributed by atoms with van der Waals surface area (Å²) >= 11 is 0. The lowest BCUT2D eigenvalue weighted by Gasteiger charge is -2.35. The van der Waals surface area contributed by atoms with Crippen molar-refractivity contribution in [3.05, 3.63) is 34.9 Å². The van der Waals surface area contributed by atoms with Gasteiger partial charge >= 0.3 is 0 Å². The fraction of sp³-hybridized carbons (Fsp3) is 0.609. The predicted molar refractivity (Wildman–Crippen MR) is 123 cm³/mol. The minimum atomic E-state index is -3.68. The third-order valence-electron chi connectivity index (χ3n) is 6.90. The number of carbonyl (C=O) groups excluding carboxylic acids is 1. The highest BCUT2D eigenvalue weighted by Gasteiger charge is 2.29. The summed E-state index contributed by atoms with van der Waals surface area (Å²) < 4.78 is 29.0. The number of piperidine rings is 2. The molecule has 2 aliphatic rings. The van der Waals surface area contributed by atoms with Gasteiger partial charge in [0.25, 0.3) is 5.56 Å². The third kappa shape index (κ3) is 4.45. The normalized spacial score (nSPS) is 21.2. The van der Waals surface area contributed by atoms with Gasteiger partial charge in [0.05, 0.1) is 22.1 Å². The first-order valence-corrected chi connectivity index (χ1v) is 13.0. The zero-order valence-corrected chi connectivity index (χ0v) is 19.7. The minimum Gasteiger partial charge on any atom is -0.338 e. The molecule has 0 aliphatic carbocycles. The number of rotatable bonds is 5. The molecule has 0 bridgehead atoms. The zero-order chi connectivity index (χ0) is 22.9. The maximum Gasteiger partial charge on any atom is 0.261 e. The van der Waals surface area contributed by atoms with Gasteiger partial charge in [-0.3, -0.25) is 14.2 Å². The highest BCUT2D eigenvalue weighted by atomic mass is 32.2. The van der Waals surface area contributed by atoms with Crippen molar-refractivity contribution < 1.29 is 13.2 Å². The largest absolute Gasteiger partial charge is 0.338 e. The van der Waals surface area contributed by atoms with Gasteiger partial charge in [0.1, 0.15) is 6.54 Å². The van der Waals surface area contributed by atoms with Crippen LogP contribution in [-0.4, -0.2) is 58.8 Å². The van der Waals surface area contributed by atoms with Crippen molar-refractivity contribution in [3.63, 3.8) is 0 Å². The van der Waals surface area contributed by atoms with Gasteiger partial charge in [-0.2, -0.15) is 4.31 Å². The highest BCUT2D eigenvalue weighted by Crippen LogP contribution is 2.25. The lowest BCUT2D eigenvalue weighted by molar-refractivity contribution is -0.135. The van der Waals surface area contributed by atoms with E-state index in [9.17, 15) is 18.0 Å². The molecule has 0 saturated carbocycles. The Morgan fingerprint density at radius 2 is 1.88 bits per heavy atom. The van der Waals surface area contributed by atoms with Crippen molar-refractivity contribution in [1.29, 1.82) is 0 Å². The average Bonchev–Trinajstić information content (AvgIpc) is 2.81.